The van der Waals surface area contributed by atoms with E-state index in [1.54, 1.807) is 20.8 Å². The van der Waals surface area contributed by atoms with Gasteiger partial charge in [-0.2, -0.15) is 0 Å². The summed E-state index contributed by atoms with van der Waals surface area (Å²) in [5, 5.41) is 2.59. The van der Waals surface area contributed by atoms with E-state index in [0.29, 0.717) is 12.3 Å². The Kier molecular flexibility index (Phi) is 5.39. The molecule has 0 saturated heterocycles. The number of allylic oxidation sites excluding steroid dienone is 2. The molecule has 108 valence electrons. The average molecular weight is 269 g/mol. The molecule has 1 rings (SSSR count). The molecule has 0 aromatic heterocycles. The Bertz CT molecular complexity index is 349. The lowest BCUT2D eigenvalue weighted by Crippen LogP contribution is -2.44. The van der Waals surface area contributed by atoms with Crippen LogP contribution >= 0.6 is 0 Å². The first-order valence-electron chi connectivity index (χ1n) is 6.54. The Morgan fingerprint density at radius 1 is 1.32 bits per heavy atom. The SMILES string of the molecule is COC(=O)C(CC1CC=CC1)NC(=O)OC(C)(C)C. The lowest BCUT2D eigenvalue weighted by molar-refractivity contribution is -0.143. The highest BCUT2D eigenvalue weighted by atomic mass is 16.6. The molecule has 1 aliphatic rings. The van der Waals surface area contributed by atoms with Crippen LogP contribution in [0.1, 0.15) is 40.0 Å². The average Bonchev–Trinajstić information content (AvgIpc) is 2.77. The van der Waals surface area contributed by atoms with E-state index >= 15 is 0 Å². The molecule has 1 aliphatic carbocycles. The number of esters is 1. The van der Waals surface area contributed by atoms with Gasteiger partial charge < -0.3 is 14.8 Å². The summed E-state index contributed by atoms with van der Waals surface area (Å²) in [6.45, 7) is 5.34. The smallest absolute Gasteiger partial charge is 0.408 e. The van der Waals surface area contributed by atoms with E-state index in [1.165, 1.54) is 7.11 Å². The van der Waals surface area contributed by atoms with Crippen LogP contribution in [-0.2, 0) is 14.3 Å². The van der Waals surface area contributed by atoms with Gasteiger partial charge in [-0.25, -0.2) is 9.59 Å². The van der Waals surface area contributed by atoms with Crippen LogP contribution in [0.4, 0.5) is 4.79 Å². The van der Waals surface area contributed by atoms with Crippen LogP contribution in [0.2, 0.25) is 0 Å². The molecule has 19 heavy (non-hydrogen) atoms. The Morgan fingerprint density at radius 2 is 1.89 bits per heavy atom. The molecule has 5 heteroatoms. The fourth-order valence-electron chi connectivity index (χ4n) is 2.01. The molecule has 0 radical (unpaired) electrons. The van der Waals surface area contributed by atoms with Gasteiger partial charge in [-0.05, 0) is 46.0 Å². The highest BCUT2D eigenvalue weighted by Gasteiger charge is 2.27. The summed E-state index contributed by atoms with van der Waals surface area (Å²) in [6.07, 6.45) is 6.03. The third-order valence-corrected chi connectivity index (χ3v) is 2.85. The quantitative estimate of drug-likeness (QED) is 0.628. The Labute approximate surface area is 114 Å². The van der Waals surface area contributed by atoms with E-state index in [9.17, 15) is 9.59 Å². The lowest BCUT2D eigenvalue weighted by atomic mass is 9.98. The van der Waals surface area contributed by atoms with E-state index in [-0.39, 0.29) is 0 Å². The van der Waals surface area contributed by atoms with Crippen molar-refractivity contribution < 1.29 is 19.1 Å². The molecule has 0 aliphatic heterocycles. The highest BCUT2D eigenvalue weighted by Crippen LogP contribution is 2.23. The third kappa shape index (κ3) is 5.77. The van der Waals surface area contributed by atoms with Crippen molar-refractivity contribution in [3.63, 3.8) is 0 Å². The molecule has 0 saturated carbocycles. The third-order valence-electron chi connectivity index (χ3n) is 2.85. The van der Waals surface area contributed by atoms with E-state index in [0.717, 1.165) is 12.8 Å². The standard InChI is InChI=1S/C14H23NO4/c1-14(2,3)19-13(17)15-11(12(16)18-4)9-10-7-5-6-8-10/h5-6,10-11H,7-9H2,1-4H3,(H,15,17). The second-order valence-electron chi connectivity index (χ2n) is 5.77. The Morgan fingerprint density at radius 3 is 2.37 bits per heavy atom. The topological polar surface area (TPSA) is 64.6 Å². The summed E-state index contributed by atoms with van der Waals surface area (Å²) in [6, 6.07) is -0.648. The van der Waals surface area contributed by atoms with Crippen LogP contribution in [0.3, 0.4) is 0 Å². The molecule has 1 atom stereocenters. The Hall–Kier alpha value is -1.52. The molecule has 0 aromatic carbocycles. The normalized spacial score (nSPS) is 17.1. The van der Waals surface area contributed by atoms with Crippen molar-refractivity contribution in [1.29, 1.82) is 0 Å². The molecule has 1 N–H and O–H groups in total. The molecule has 1 unspecified atom stereocenters. The van der Waals surface area contributed by atoms with Crippen LogP contribution in [0.5, 0.6) is 0 Å². The molecule has 0 aromatic rings. The minimum atomic E-state index is -0.648. The molecule has 0 spiro atoms. The highest BCUT2D eigenvalue weighted by molar-refractivity contribution is 5.81. The molecule has 1 amide bonds. The van der Waals surface area contributed by atoms with Crippen molar-refractivity contribution in [3.8, 4) is 0 Å². The minimum absolute atomic E-state index is 0.374. The zero-order chi connectivity index (χ0) is 14.5. The molecule has 0 fully saturated rings. The first-order valence-corrected chi connectivity index (χ1v) is 6.54. The van der Waals surface area contributed by atoms with Gasteiger partial charge in [-0.15, -0.1) is 0 Å². The molecular weight excluding hydrogens is 246 g/mol. The van der Waals surface area contributed by atoms with Crippen LogP contribution in [0.25, 0.3) is 0 Å². The fraction of sp³-hybridized carbons (Fsp3) is 0.714. The summed E-state index contributed by atoms with van der Waals surface area (Å²) in [5.74, 6) is -0.0585. The zero-order valence-electron chi connectivity index (χ0n) is 12.1. The van der Waals surface area contributed by atoms with Gasteiger partial charge in [0.25, 0.3) is 0 Å². The first-order chi connectivity index (χ1) is 8.81. The summed E-state index contributed by atoms with van der Waals surface area (Å²) in [7, 11) is 1.32. The van der Waals surface area contributed by atoms with Crippen LogP contribution in [0, 0.1) is 5.92 Å². The number of nitrogens with one attached hydrogen (secondary N) is 1. The van der Waals surface area contributed by atoms with Crippen LogP contribution < -0.4 is 5.32 Å². The summed E-state index contributed by atoms with van der Waals surface area (Å²) < 4.78 is 9.88. The van der Waals surface area contributed by atoms with Crippen molar-refractivity contribution in [2.75, 3.05) is 7.11 Å². The van der Waals surface area contributed by atoms with Gasteiger partial charge in [0, 0.05) is 0 Å². The lowest BCUT2D eigenvalue weighted by Gasteiger charge is -2.23. The van der Waals surface area contributed by atoms with Gasteiger partial charge in [-0.3, -0.25) is 0 Å². The maximum atomic E-state index is 11.7. The maximum absolute atomic E-state index is 11.7. The first kappa shape index (κ1) is 15.5. The number of amides is 1. The maximum Gasteiger partial charge on any atom is 0.408 e. The van der Waals surface area contributed by atoms with Gasteiger partial charge in [0.2, 0.25) is 0 Å². The minimum Gasteiger partial charge on any atom is -0.467 e. The second-order valence-corrected chi connectivity index (χ2v) is 5.77. The number of hydrogen-bond donors (Lipinski definition) is 1. The number of rotatable bonds is 4. The van der Waals surface area contributed by atoms with Crippen LogP contribution in [0.15, 0.2) is 12.2 Å². The number of carbonyl (C=O) groups excluding carboxylic acids is 2. The van der Waals surface area contributed by atoms with Crippen molar-refractivity contribution >= 4 is 12.1 Å². The summed E-state index contributed by atoms with van der Waals surface area (Å²) in [5.41, 5.74) is -0.584. The van der Waals surface area contributed by atoms with Crippen LogP contribution in [-0.4, -0.2) is 30.8 Å². The number of carbonyl (C=O) groups is 2. The zero-order valence-corrected chi connectivity index (χ0v) is 12.1. The predicted octanol–water partition coefficient (Wildman–Crippen LogP) is 2.41. The van der Waals surface area contributed by atoms with Gasteiger partial charge >= 0.3 is 12.1 Å². The summed E-state index contributed by atoms with van der Waals surface area (Å²) >= 11 is 0. The van der Waals surface area contributed by atoms with Crippen molar-refractivity contribution in [2.45, 2.75) is 51.7 Å². The number of hydrogen-bond acceptors (Lipinski definition) is 4. The number of methoxy groups -OCH3 is 1. The van der Waals surface area contributed by atoms with Crippen molar-refractivity contribution in [3.05, 3.63) is 12.2 Å². The van der Waals surface area contributed by atoms with Gasteiger partial charge in [-0.1, -0.05) is 12.2 Å². The Balaban J connectivity index is 2.54. The van der Waals surface area contributed by atoms with Crippen molar-refractivity contribution in [1.82, 2.24) is 5.32 Å². The van der Waals surface area contributed by atoms with E-state index in [1.807, 2.05) is 0 Å². The number of ether oxygens (including phenoxy) is 2. The summed E-state index contributed by atoms with van der Waals surface area (Å²) in [4.78, 5) is 23.4. The van der Waals surface area contributed by atoms with E-state index < -0.39 is 23.7 Å². The molecular formula is C14H23NO4. The van der Waals surface area contributed by atoms with Gasteiger partial charge in [0.05, 0.1) is 7.11 Å². The second kappa shape index (κ2) is 6.59. The number of alkyl carbamates (subject to hydrolysis) is 1. The van der Waals surface area contributed by atoms with Gasteiger partial charge in [0.1, 0.15) is 11.6 Å². The molecule has 0 heterocycles. The molecule has 0 bridgehead atoms. The predicted molar refractivity (Wildman–Crippen MR) is 71.7 cm³/mol. The van der Waals surface area contributed by atoms with Gasteiger partial charge in [0.15, 0.2) is 0 Å². The van der Waals surface area contributed by atoms with Crippen molar-refractivity contribution in [2.24, 2.45) is 5.92 Å². The van der Waals surface area contributed by atoms with E-state index in [2.05, 4.69) is 17.5 Å². The monoisotopic (exact) mass is 269 g/mol. The fourth-order valence-corrected chi connectivity index (χ4v) is 2.01. The molecule has 5 nitrogen and oxygen atoms in total. The largest absolute Gasteiger partial charge is 0.467 e. The van der Waals surface area contributed by atoms with E-state index in [4.69, 9.17) is 9.47 Å².